The zero-order valence-corrected chi connectivity index (χ0v) is 11.4. The van der Waals surface area contributed by atoms with Gasteiger partial charge in [-0.3, -0.25) is 9.36 Å². The standard InChI is InChI=1S/C14H18N2O3/c1-4-14(2,3)15-12(17)9-16-10-7-5-6-8-11(10)19-13(16)18/h5-8H,4,9H2,1-3H3,(H,15,17). The Morgan fingerprint density at radius 2 is 2.05 bits per heavy atom. The van der Waals surface area contributed by atoms with Gasteiger partial charge < -0.3 is 9.73 Å². The maximum Gasteiger partial charge on any atom is 0.420 e. The molecule has 0 unspecified atom stereocenters. The lowest BCUT2D eigenvalue weighted by Crippen LogP contribution is -2.44. The maximum absolute atomic E-state index is 12.0. The van der Waals surface area contributed by atoms with Crippen LogP contribution in [-0.4, -0.2) is 16.0 Å². The van der Waals surface area contributed by atoms with Crippen molar-refractivity contribution in [3.63, 3.8) is 0 Å². The van der Waals surface area contributed by atoms with Gasteiger partial charge in [-0.25, -0.2) is 4.79 Å². The summed E-state index contributed by atoms with van der Waals surface area (Å²) in [4.78, 5) is 23.7. The number of oxazole rings is 1. The molecule has 1 N–H and O–H groups in total. The number of carbonyl (C=O) groups is 1. The Morgan fingerprint density at radius 1 is 1.37 bits per heavy atom. The van der Waals surface area contributed by atoms with Crippen LogP contribution in [0.4, 0.5) is 0 Å². The average molecular weight is 262 g/mol. The predicted molar refractivity (Wildman–Crippen MR) is 73.0 cm³/mol. The Kier molecular flexibility index (Phi) is 3.46. The molecule has 1 amide bonds. The van der Waals surface area contributed by atoms with Crippen molar-refractivity contribution in [1.82, 2.24) is 9.88 Å². The summed E-state index contributed by atoms with van der Waals surface area (Å²) < 4.78 is 6.43. The highest BCUT2D eigenvalue weighted by atomic mass is 16.4. The zero-order chi connectivity index (χ0) is 14.0. The molecule has 0 spiro atoms. The first-order valence-electron chi connectivity index (χ1n) is 6.32. The minimum Gasteiger partial charge on any atom is -0.408 e. The van der Waals surface area contributed by atoms with Crippen LogP contribution in [0.25, 0.3) is 11.1 Å². The van der Waals surface area contributed by atoms with Gasteiger partial charge in [0, 0.05) is 5.54 Å². The number of nitrogens with zero attached hydrogens (tertiary/aromatic N) is 1. The number of benzene rings is 1. The van der Waals surface area contributed by atoms with E-state index in [0.29, 0.717) is 11.1 Å². The third-order valence-corrected chi connectivity index (χ3v) is 3.24. The highest BCUT2D eigenvalue weighted by molar-refractivity contribution is 5.79. The largest absolute Gasteiger partial charge is 0.420 e. The molecule has 2 aromatic rings. The number of fused-ring (bicyclic) bond motifs is 1. The van der Waals surface area contributed by atoms with Gasteiger partial charge in [0.05, 0.1) is 5.52 Å². The molecule has 0 aliphatic rings. The molecule has 19 heavy (non-hydrogen) atoms. The molecule has 0 saturated carbocycles. The summed E-state index contributed by atoms with van der Waals surface area (Å²) in [6, 6.07) is 7.07. The van der Waals surface area contributed by atoms with E-state index in [1.54, 1.807) is 18.2 Å². The van der Waals surface area contributed by atoms with Gasteiger partial charge in [-0.2, -0.15) is 0 Å². The van der Waals surface area contributed by atoms with Crippen LogP contribution in [0.15, 0.2) is 33.5 Å². The van der Waals surface area contributed by atoms with E-state index in [2.05, 4.69) is 5.32 Å². The molecule has 1 aromatic carbocycles. The van der Waals surface area contributed by atoms with Crippen LogP contribution < -0.4 is 11.1 Å². The van der Waals surface area contributed by atoms with E-state index in [9.17, 15) is 9.59 Å². The number of nitrogens with one attached hydrogen (secondary N) is 1. The molecular weight excluding hydrogens is 244 g/mol. The number of hydrogen-bond donors (Lipinski definition) is 1. The molecule has 102 valence electrons. The molecule has 0 saturated heterocycles. The smallest absolute Gasteiger partial charge is 0.408 e. The Bertz CT molecular complexity index is 652. The highest BCUT2D eigenvalue weighted by Gasteiger charge is 2.19. The van der Waals surface area contributed by atoms with E-state index in [-0.39, 0.29) is 18.0 Å². The summed E-state index contributed by atoms with van der Waals surface area (Å²) in [6.07, 6.45) is 0.819. The van der Waals surface area contributed by atoms with E-state index in [1.165, 1.54) is 4.57 Å². The summed E-state index contributed by atoms with van der Waals surface area (Å²) in [7, 11) is 0. The molecule has 0 aliphatic heterocycles. The molecule has 0 bridgehead atoms. The Balaban J connectivity index is 2.24. The van der Waals surface area contributed by atoms with Crippen LogP contribution in [0.2, 0.25) is 0 Å². The number of hydrogen-bond acceptors (Lipinski definition) is 3. The SMILES string of the molecule is CCC(C)(C)NC(=O)Cn1c(=O)oc2ccccc21. The molecule has 0 fully saturated rings. The fourth-order valence-electron chi connectivity index (χ4n) is 1.81. The van der Waals surface area contributed by atoms with Crippen molar-refractivity contribution >= 4 is 17.0 Å². The fourth-order valence-corrected chi connectivity index (χ4v) is 1.81. The van der Waals surface area contributed by atoms with Gasteiger partial charge in [0.25, 0.3) is 0 Å². The summed E-state index contributed by atoms with van der Waals surface area (Å²) in [6.45, 7) is 5.86. The summed E-state index contributed by atoms with van der Waals surface area (Å²) in [5.41, 5.74) is 0.854. The molecule has 5 nitrogen and oxygen atoms in total. The third kappa shape index (κ3) is 2.86. The topological polar surface area (TPSA) is 64.2 Å². The number of carbonyl (C=O) groups excluding carboxylic acids is 1. The van der Waals surface area contributed by atoms with Gasteiger partial charge in [0.15, 0.2) is 5.58 Å². The van der Waals surface area contributed by atoms with Crippen LogP contribution in [0.5, 0.6) is 0 Å². The van der Waals surface area contributed by atoms with Crippen LogP contribution >= 0.6 is 0 Å². The summed E-state index contributed by atoms with van der Waals surface area (Å²) in [5.74, 6) is -0.703. The molecule has 1 heterocycles. The summed E-state index contributed by atoms with van der Waals surface area (Å²) >= 11 is 0. The van der Waals surface area contributed by atoms with E-state index in [1.807, 2.05) is 26.8 Å². The van der Waals surface area contributed by atoms with Gasteiger partial charge in [-0.1, -0.05) is 19.1 Å². The van der Waals surface area contributed by atoms with Crippen molar-refractivity contribution in [2.24, 2.45) is 0 Å². The quantitative estimate of drug-likeness (QED) is 0.915. The predicted octanol–water partition coefficient (Wildman–Crippen LogP) is 1.90. The lowest BCUT2D eigenvalue weighted by molar-refractivity contribution is -0.123. The number of amides is 1. The number of rotatable bonds is 4. The molecule has 0 aliphatic carbocycles. The Labute approximate surface area is 111 Å². The third-order valence-electron chi connectivity index (χ3n) is 3.24. The highest BCUT2D eigenvalue weighted by Crippen LogP contribution is 2.12. The van der Waals surface area contributed by atoms with Crippen LogP contribution in [0.1, 0.15) is 27.2 Å². The molecule has 0 atom stereocenters. The van der Waals surface area contributed by atoms with Gasteiger partial charge in [0.2, 0.25) is 5.91 Å². The second-order valence-electron chi connectivity index (χ2n) is 5.21. The van der Waals surface area contributed by atoms with Crippen molar-refractivity contribution in [3.05, 3.63) is 34.8 Å². The molecule has 1 aromatic heterocycles. The monoisotopic (exact) mass is 262 g/mol. The first-order chi connectivity index (χ1) is 8.93. The maximum atomic E-state index is 12.0. The van der Waals surface area contributed by atoms with Crippen molar-refractivity contribution in [2.75, 3.05) is 0 Å². The van der Waals surface area contributed by atoms with E-state index < -0.39 is 5.76 Å². The molecule has 0 radical (unpaired) electrons. The fraction of sp³-hybridized carbons (Fsp3) is 0.429. The minimum atomic E-state index is -0.509. The van der Waals surface area contributed by atoms with E-state index >= 15 is 0 Å². The number of para-hydroxylation sites is 2. The van der Waals surface area contributed by atoms with Gasteiger partial charge in [-0.05, 0) is 32.4 Å². The van der Waals surface area contributed by atoms with Gasteiger partial charge >= 0.3 is 5.76 Å². The average Bonchev–Trinajstić information content (AvgIpc) is 2.66. The second kappa shape index (κ2) is 4.91. The minimum absolute atomic E-state index is 0.0285. The van der Waals surface area contributed by atoms with E-state index in [0.717, 1.165) is 6.42 Å². The molecule has 2 rings (SSSR count). The van der Waals surface area contributed by atoms with Crippen molar-refractivity contribution in [1.29, 1.82) is 0 Å². The van der Waals surface area contributed by atoms with Crippen LogP contribution in [0, 0.1) is 0 Å². The van der Waals surface area contributed by atoms with Crippen LogP contribution in [0.3, 0.4) is 0 Å². The van der Waals surface area contributed by atoms with Crippen molar-refractivity contribution < 1.29 is 9.21 Å². The normalized spacial score (nSPS) is 11.7. The second-order valence-corrected chi connectivity index (χ2v) is 5.21. The molecule has 5 heteroatoms. The number of aromatic nitrogens is 1. The Morgan fingerprint density at radius 3 is 2.74 bits per heavy atom. The van der Waals surface area contributed by atoms with Gasteiger partial charge in [0.1, 0.15) is 6.54 Å². The van der Waals surface area contributed by atoms with Crippen molar-refractivity contribution in [2.45, 2.75) is 39.3 Å². The van der Waals surface area contributed by atoms with E-state index in [4.69, 9.17) is 4.42 Å². The summed E-state index contributed by atoms with van der Waals surface area (Å²) in [5, 5.41) is 2.90. The Hall–Kier alpha value is -2.04. The molecular formula is C14H18N2O3. The first kappa shape index (κ1) is 13.4. The van der Waals surface area contributed by atoms with Crippen LogP contribution in [-0.2, 0) is 11.3 Å². The lowest BCUT2D eigenvalue weighted by Gasteiger charge is -2.24. The lowest BCUT2D eigenvalue weighted by atomic mass is 10.0. The van der Waals surface area contributed by atoms with Gasteiger partial charge in [-0.15, -0.1) is 0 Å². The first-order valence-corrected chi connectivity index (χ1v) is 6.32. The van der Waals surface area contributed by atoms with Crippen molar-refractivity contribution in [3.8, 4) is 0 Å². The zero-order valence-electron chi connectivity index (χ0n) is 11.4.